The van der Waals surface area contributed by atoms with E-state index in [4.69, 9.17) is 14.2 Å². The second-order valence-electron chi connectivity index (χ2n) is 6.37. The molecule has 0 bridgehead atoms. The highest BCUT2D eigenvalue weighted by Gasteiger charge is 2.37. The fourth-order valence-electron chi connectivity index (χ4n) is 3.21. The van der Waals surface area contributed by atoms with Crippen molar-refractivity contribution in [1.82, 2.24) is 4.90 Å². The van der Waals surface area contributed by atoms with Crippen LogP contribution in [0.15, 0.2) is 48.5 Å². The summed E-state index contributed by atoms with van der Waals surface area (Å²) in [5.74, 6) is 1.02. The molecule has 1 fully saturated rings. The first-order chi connectivity index (χ1) is 13.1. The summed E-state index contributed by atoms with van der Waals surface area (Å²) < 4.78 is 15.6. The molecule has 2 amide bonds. The van der Waals surface area contributed by atoms with Gasteiger partial charge in [-0.05, 0) is 36.1 Å². The van der Waals surface area contributed by atoms with Crippen LogP contribution in [0.2, 0.25) is 0 Å². The number of imide groups is 1. The summed E-state index contributed by atoms with van der Waals surface area (Å²) in [5, 5.41) is 0. The maximum atomic E-state index is 12.7. The van der Waals surface area contributed by atoms with Gasteiger partial charge in [0.05, 0.1) is 20.3 Å². The zero-order valence-electron chi connectivity index (χ0n) is 15.5. The number of nitrogens with zero attached hydrogens (tertiary/aromatic N) is 1. The molecule has 1 unspecified atom stereocenters. The summed E-state index contributed by atoms with van der Waals surface area (Å²) in [4.78, 5) is 26.0. The number of aryl methyl sites for hydroxylation is 1. The van der Waals surface area contributed by atoms with Gasteiger partial charge in [0.15, 0.2) is 11.5 Å². The van der Waals surface area contributed by atoms with Crippen LogP contribution in [0.25, 0.3) is 0 Å². The van der Waals surface area contributed by atoms with Gasteiger partial charge >= 0.3 is 6.09 Å². The lowest BCUT2D eigenvalue weighted by Crippen LogP contribution is -2.40. The van der Waals surface area contributed by atoms with Crippen molar-refractivity contribution in [2.45, 2.75) is 25.3 Å². The lowest BCUT2D eigenvalue weighted by molar-refractivity contribution is -0.129. The molecule has 2 aromatic rings. The van der Waals surface area contributed by atoms with Crippen molar-refractivity contribution in [1.29, 1.82) is 0 Å². The highest BCUT2D eigenvalue weighted by molar-refractivity contribution is 5.93. The predicted octanol–water partition coefficient (Wildman–Crippen LogP) is 3.23. The Balaban J connectivity index is 1.64. The third kappa shape index (κ3) is 4.39. The number of methoxy groups -OCH3 is 2. The highest BCUT2D eigenvalue weighted by Crippen LogP contribution is 2.28. The number of hydrogen-bond acceptors (Lipinski definition) is 5. The first-order valence-electron chi connectivity index (χ1n) is 8.86. The summed E-state index contributed by atoms with van der Waals surface area (Å²) in [7, 11) is 3.15. The van der Waals surface area contributed by atoms with E-state index in [9.17, 15) is 9.59 Å². The first-order valence-corrected chi connectivity index (χ1v) is 8.86. The van der Waals surface area contributed by atoms with E-state index in [-0.39, 0.29) is 25.0 Å². The summed E-state index contributed by atoms with van der Waals surface area (Å²) in [5.41, 5.74) is 2.01. The van der Waals surface area contributed by atoms with Crippen LogP contribution < -0.4 is 9.47 Å². The molecule has 2 aromatic carbocycles. The Morgan fingerprint density at radius 1 is 1.07 bits per heavy atom. The van der Waals surface area contributed by atoms with Crippen LogP contribution in [0.1, 0.15) is 17.5 Å². The van der Waals surface area contributed by atoms with Crippen molar-refractivity contribution >= 4 is 12.0 Å². The second kappa shape index (κ2) is 8.58. The maximum absolute atomic E-state index is 12.7. The van der Waals surface area contributed by atoms with Crippen LogP contribution in [0.5, 0.6) is 11.5 Å². The number of carbonyl (C=O) groups is 2. The van der Waals surface area contributed by atoms with Crippen molar-refractivity contribution in [2.75, 3.05) is 20.8 Å². The number of hydrogen-bond donors (Lipinski definition) is 0. The maximum Gasteiger partial charge on any atom is 0.416 e. The smallest absolute Gasteiger partial charge is 0.416 e. The van der Waals surface area contributed by atoms with Gasteiger partial charge in [-0.3, -0.25) is 4.79 Å². The van der Waals surface area contributed by atoms with Gasteiger partial charge in [0.25, 0.3) is 0 Å². The minimum atomic E-state index is -0.562. The van der Waals surface area contributed by atoms with Gasteiger partial charge in [0.1, 0.15) is 6.61 Å². The molecule has 1 aliphatic rings. The van der Waals surface area contributed by atoms with E-state index in [0.717, 1.165) is 11.1 Å². The summed E-state index contributed by atoms with van der Waals surface area (Å²) in [6.07, 6.45) is 0.749. The number of benzene rings is 2. The molecular weight excluding hydrogens is 346 g/mol. The number of rotatable bonds is 7. The van der Waals surface area contributed by atoms with Crippen molar-refractivity contribution in [3.8, 4) is 11.5 Å². The van der Waals surface area contributed by atoms with Gasteiger partial charge in [-0.2, -0.15) is 0 Å². The summed E-state index contributed by atoms with van der Waals surface area (Å²) >= 11 is 0. The summed E-state index contributed by atoms with van der Waals surface area (Å²) in [6, 6.07) is 15.1. The quantitative estimate of drug-likeness (QED) is 0.750. The van der Waals surface area contributed by atoms with Gasteiger partial charge in [-0.25, -0.2) is 9.69 Å². The van der Waals surface area contributed by atoms with Gasteiger partial charge < -0.3 is 14.2 Å². The average Bonchev–Trinajstić information content (AvgIpc) is 3.06. The highest BCUT2D eigenvalue weighted by atomic mass is 16.6. The first kappa shape index (κ1) is 18.8. The Morgan fingerprint density at radius 2 is 1.81 bits per heavy atom. The van der Waals surface area contributed by atoms with Crippen LogP contribution in [0.4, 0.5) is 4.79 Å². The molecular formula is C21H23NO5. The van der Waals surface area contributed by atoms with Gasteiger partial charge in [-0.1, -0.05) is 36.4 Å². The average molecular weight is 369 g/mol. The Morgan fingerprint density at radius 3 is 2.52 bits per heavy atom. The minimum absolute atomic E-state index is 0.218. The summed E-state index contributed by atoms with van der Waals surface area (Å²) in [6.45, 7) is 0.232. The molecule has 6 heteroatoms. The fraction of sp³-hybridized carbons (Fsp3) is 0.333. The molecule has 3 rings (SSSR count). The van der Waals surface area contributed by atoms with Crippen molar-refractivity contribution < 1.29 is 23.8 Å². The molecule has 27 heavy (non-hydrogen) atoms. The van der Waals surface area contributed by atoms with Crippen LogP contribution in [0.3, 0.4) is 0 Å². The van der Waals surface area contributed by atoms with Crippen molar-refractivity contribution in [3.63, 3.8) is 0 Å². The van der Waals surface area contributed by atoms with E-state index >= 15 is 0 Å². The van der Waals surface area contributed by atoms with Crippen molar-refractivity contribution in [3.05, 3.63) is 59.7 Å². The topological polar surface area (TPSA) is 65.1 Å². The van der Waals surface area contributed by atoms with Crippen LogP contribution in [-0.2, 0) is 22.4 Å². The third-order valence-corrected chi connectivity index (χ3v) is 4.62. The molecule has 142 valence electrons. The lowest BCUT2D eigenvalue weighted by atomic mass is 10.0. The molecule has 1 heterocycles. The molecule has 1 aliphatic heterocycles. The molecule has 0 saturated carbocycles. The van der Waals surface area contributed by atoms with E-state index in [2.05, 4.69) is 0 Å². The van der Waals surface area contributed by atoms with E-state index in [1.807, 2.05) is 42.5 Å². The zero-order valence-corrected chi connectivity index (χ0v) is 15.5. The molecule has 1 saturated heterocycles. The molecule has 0 radical (unpaired) electrons. The fourth-order valence-corrected chi connectivity index (χ4v) is 3.21. The second-order valence-corrected chi connectivity index (χ2v) is 6.37. The monoisotopic (exact) mass is 369 g/mol. The Labute approximate surface area is 158 Å². The Kier molecular flexibility index (Phi) is 5.96. The van der Waals surface area contributed by atoms with E-state index < -0.39 is 6.09 Å². The van der Waals surface area contributed by atoms with Crippen LogP contribution in [-0.4, -0.2) is 43.8 Å². The number of cyclic esters (lactones) is 1. The van der Waals surface area contributed by atoms with Gasteiger partial charge in [0, 0.05) is 6.42 Å². The van der Waals surface area contributed by atoms with E-state index in [1.54, 1.807) is 20.3 Å². The molecule has 0 spiro atoms. The number of amides is 2. The van der Waals surface area contributed by atoms with Gasteiger partial charge in [-0.15, -0.1) is 0 Å². The predicted molar refractivity (Wildman–Crippen MR) is 100.0 cm³/mol. The zero-order chi connectivity index (χ0) is 19.2. The largest absolute Gasteiger partial charge is 0.493 e. The minimum Gasteiger partial charge on any atom is -0.493 e. The van der Waals surface area contributed by atoms with Crippen LogP contribution >= 0.6 is 0 Å². The number of carbonyl (C=O) groups excluding carboxylic acids is 2. The van der Waals surface area contributed by atoms with Crippen LogP contribution in [0, 0.1) is 0 Å². The Bertz CT molecular complexity index is 805. The molecule has 6 nitrogen and oxygen atoms in total. The van der Waals surface area contributed by atoms with Gasteiger partial charge in [0.2, 0.25) is 5.91 Å². The van der Waals surface area contributed by atoms with E-state index in [1.165, 1.54) is 4.90 Å². The SMILES string of the molecule is COc1ccc(CCC(=O)N2C(=O)OCC2Cc2ccccc2)cc1OC. The number of ether oxygens (including phenoxy) is 3. The normalized spacial score (nSPS) is 16.1. The molecule has 0 aromatic heterocycles. The molecule has 1 atom stereocenters. The Hall–Kier alpha value is -3.02. The standard InChI is InChI=1S/C21H23NO5/c1-25-18-10-8-16(13-19(18)26-2)9-11-20(23)22-17(14-27-21(22)24)12-15-6-4-3-5-7-15/h3-8,10,13,17H,9,11-12,14H2,1-2H3. The molecule has 0 aliphatic carbocycles. The van der Waals surface area contributed by atoms with Crippen molar-refractivity contribution in [2.24, 2.45) is 0 Å². The lowest BCUT2D eigenvalue weighted by Gasteiger charge is -2.19. The third-order valence-electron chi connectivity index (χ3n) is 4.62. The molecule has 0 N–H and O–H groups in total. The van der Waals surface area contributed by atoms with E-state index in [0.29, 0.717) is 24.3 Å².